The number of fused-ring (bicyclic) bond motifs is 1. The molecule has 3 rings (SSSR count). The molecule has 0 aromatic heterocycles. The molecule has 5 heteroatoms. The Balaban J connectivity index is 0. The molecule has 1 aliphatic heterocycles. The first-order chi connectivity index (χ1) is 7.68. The van der Waals surface area contributed by atoms with Gasteiger partial charge in [-0.3, -0.25) is 6.08 Å². The Morgan fingerprint density at radius 3 is 2.42 bits per heavy atom. The predicted octanol–water partition coefficient (Wildman–Crippen LogP) is -1.28. The summed E-state index contributed by atoms with van der Waals surface area (Å²) < 4.78 is 0.489. The summed E-state index contributed by atoms with van der Waals surface area (Å²) in [5.41, 5.74) is 2.70. The van der Waals surface area contributed by atoms with Crippen molar-refractivity contribution in [2.75, 3.05) is 6.66 Å². The first kappa shape index (κ1) is 22.4. The molecule has 19 heavy (non-hydrogen) atoms. The number of alkyl halides is 1. The minimum absolute atomic E-state index is 0. The van der Waals surface area contributed by atoms with Crippen molar-refractivity contribution in [2.24, 2.45) is 0 Å². The van der Waals surface area contributed by atoms with E-state index in [2.05, 4.69) is 59.9 Å². The third-order valence-corrected chi connectivity index (χ3v) is 6.60. The molecule has 0 aromatic carbocycles. The van der Waals surface area contributed by atoms with Gasteiger partial charge in [0.1, 0.15) is 0 Å². The zero-order valence-corrected chi connectivity index (χ0v) is 17.2. The van der Waals surface area contributed by atoms with Crippen LogP contribution in [0.5, 0.6) is 0 Å². The topological polar surface area (TPSA) is 0 Å². The van der Waals surface area contributed by atoms with Gasteiger partial charge in [0.2, 0.25) is 0 Å². The van der Waals surface area contributed by atoms with Crippen molar-refractivity contribution in [2.45, 2.75) is 17.9 Å². The molecule has 0 bridgehead atoms. The maximum atomic E-state index is 3.61. The minimum Gasteiger partial charge on any atom is -1.00 e. The molecule has 3 aliphatic rings. The molecule has 0 amide bonds. The molecule has 2 unspecified atom stereocenters. The minimum atomic E-state index is -0.0157. The van der Waals surface area contributed by atoms with Gasteiger partial charge in [-0.2, -0.15) is 23.8 Å². The van der Waals surface area contributed by atoms with Gasteiger partial charge in [-0.15, -0.1) is 31.3 Å². The van der Waals surface area contributed by atoms with Gasteiger partial charge in [0.15, 0.2) is 0 Å². The van der Waals surface area contributed by atoms with E-state index in [1.165, 1.54) is 16.5 Å². The zero-order valence-electron chi connectivity index (χ0n) is 10.8. The van der Waals surface area contributed by atoms with Crippen LogP contribution in [0.25, 0.3) is 0 Å². The van der Waals surface area contributed by atoms with E-state index >= 15 is 0 Å². The van der Waals surface area contributed by atoms with Crippen LogP contribution >= 0.6 is 23.9 Å². The van der Waals surface area contributed by atoms with E-state index in [9.17, 15) is 0 Å². The summed E-state index contributed by atoms with van der Waals surface area (Å²) in [6.45, 7) is 4.44. The third kappa shape index (κ3) is 6.15. The summed E-state index contributed by atoms with van der Waals surface area (Å²) in [4.78, 5) is 0. The first-order valence-corrected chi connectivity index (χ1v) is 8.08. The fraction of sp³-hybridized carbons (Fsp3) is 0.286. The average Bonchev–Trinajstić information content (AvgIpc) is 2.92. The molecule has 0 aromatic rings. The summed E-state index contributed by atoms with van der Waals surface area (Å²) in [5.74, 6) is 0. The molecule has 0 spiro atoms. The van der Waals surface area contributed by atoms with E-state index < -0.39 is 0 Å². The van der Waals surface area contributed by atoms with Crippen LogP contribution in [0.3, 0.4) is 0 Å². The standard InChI is InChI=1S/C9H9BrP.C5H5.2ClH.Zr/c1-6-3-7-5-9(10)11(2)8(7)4-6;1-2-4-5-3-1;;;/h3-4,9H,1-2H3;1-3H,4H2;2*1H;/q2*-1;;;+4/p-2. The van der Waals surface area contributed by atoms with Gasteiger partial charge in [0, 0.05) is 0 Å². The van der Waals surface area contributed by atoms with Crippen molar-refractivity contribution in [3.05, 3.63) is 59.0 Å². The first-order valence-electron chi connectivity index (χ1n) is 5.31. The molecule has 1 heterocycles. The molecule has 0 radical (unpaired) electrons. The van der Waals surface area contributed by atoms with Gasteiger partial charge < -0.3 is 24.8 Å². The van der Waals surface area contributed by atoms with Gasteiger partial charge in [0.25, 0.3) is 0 Å². The average molecular weight is 455 g/mol. The molecule has 2 atom stereocenters. The second kappa shape index (κ2) is 10.8. The Morgan fingerprint density at radius 1 is 1.32 bits per heavy atom. The SMILES string of the molecule is CC1=CC2=[C-]C(Br)P(C)C2=C1.[C-]1=CC=CC1.[Cl-].[Cl-].[Zr+4]. The van der Waals surface area contributed by atoms with E-state index in [1.807, 2.05) is 12.2 Å². The normalized spacial score (nSPS) is 24.7. The van der Waals surface area contributed by atoms with Crippen LogP contribution < -0.4 is 24.8 Å². The van der Waals surface area contributed by atoms with Gasteiger partial charge in [0.05, 0.1) is 0 Å². The van der Waals surface area contributed by atoms with Crippen molar-refractivity contribution < 1.29 is 51.0 Å². The molecular formula is C14H14BrCl2PZr. The fourth-order valence-corrected chi connectivity index (χ4v) is 4.13. The Labute approximate surface area is 157 Å². The number of allylic oxidation sites excluding steroid dienone is 10. The molecule has 0 fully saturated rings. The number of hydrogen-bond donors (Lipinski definition) is 0. The number of rotatable bonds is 0. The summed E-state index contributed by atoms with van der Waals surface area (Å²) in [6.07, 6.45) is 17.9. The van der Waals surface area contributed by atoms with Crippen molar-refractivity contribution in [1.29, 1.82) is 0 Å². The van der Waals surface area contributed by atoms with Gasteiger partial charge in [-0.05, 0) is 4.57 Å². The summed E-state index contributed by atoms with van der Waals surface area (Å²) in [5, 5.41) is 1.51. The quantitative estimate of drug-likeness (QED) is 0.243. The van der Waals surface area contributed by atoms with Gasteiger partial charge in [-0.1, -0.05) is 29.5 Å². The summed E-state index contributed by atoms with van der Waals surface area (Å²) in [7, 11) is -0.0157. The zero-order chi connectivity index (χ0) is 11.5. The second-order valence-electron chi connectivity index (χ2n) is 3.93. The summed E-state index contributed by atoms with van der Waals surface area (Å²) >= 11 is 3.61. The molecule has 100 valence electrons. The van der Waals surface area contributed by atoms with Crippen molar-refractivity contribution >= 4 is 23.9 Å². The number of halogens is 3. The molecule has 0 saturated heterocycles. The van der Waals surface area contributed by atoms with Gasteiger partial charge in [-0.25, -0.2) is 12.2 Å². The molecular weight excluding hydrogens is 441 g/mol. The smallest absolute Gasteiger partial charge is 1.00 e. The number of hydrogen-bond acceptors (Lipinski definition) is 0. The van der Waals surface area contributed by atoms with Crippen LogP contribution in [0.15, 0.2) is 46.8 Å². The van der Waals surface area contributed by atoms with E-state index in [0.29, 0.717) is 4.57 Å². The summed E-state index contributed by atoms with van der Waals surface area (Å²) in [6, 6.07) is 0. The largest absolute Gasteiger partial charge is 4.00 e. The monoisotopic (exact) mass is 452 g/mol. The molecule has 0 N–H and O–H groups in total. The van der Waals surface area contributed by atoms with E-state index in [1.54, 1.807) is 0 Å². The molecule has 2 aliphatic carbocycles. The maximum absolute atomic E-state index is 3.61. The van der Waals surface area contributed by atoms with Crippen molar-refractivity contribution in [3.8, 4) is 0 Å². The van der Waals surface area contributed by atoms with Crippen molar-refractivity contribution in [3.63, 3.8) is 0 Å². The second-order valence-corrected chi connectivity index (χ2v) is 7.77. The fourth-order valence-electron chi connectivity index (χ4n) is 1.73. The van der Waals surface area contributed by atoms with Crippen molar-refractivity contribution in [1.82, 2.24) is 0 Å². The van der Waals surface area contributed by atoms with Crippen LogP contribution in [0, 0.1) is 12.2 Å². The van der Waals surface area contributed by atoms with Crippen LogP contribution in [0.2, 0.25) is 0 Å². The molecule has 0 saturated carbocycles. The van der Waals surface area contributed by atoms with Crippen LogP contribution in [0.4, 0.5) is 0 Å². The Bertz CT molecular complexity index is 429. The molecule has 0 nitrogen and oxygen atoms in total. The Kier molecular flexibility index (Phi) is 12.6. The van der Waals surface area contributed by atoms with E-state index in [-0.39, 0.29) is 58.9 Å². The Hall–Kier alpha value is 1.07. The van der Waals surface area contributed by atoms with Crippen LogP contribution in [-0.4, -0.2) is 11.2 Å². The van der Waals surface area contributed by atoms with E-state index in [4.69, 9.17) is 0 Å². The van der Waals surface area contributed by atoms with Crippen LogP contribution in [-0.2, 0) is 26.2 Å². The third-order valence-electron chi connectivity index (χ3n) is 2.59. The predicted molar refractivity (Wildman–Crippen MR) is 75.7 cm³/mol. The Morgan fingerprint density at radius 2 is 2.00 bits per heavy atom. The van der Waals surface area contributed by atoms with Gasteiger partial charge >= 0.3 is 26.2 Å². The van der Waals surface area contributed by atoms with Crippen LogP contribution in [0.1, 0.15) is 13.3 Å². The van der Waals surface area contributed by atoms with E-state index in [0.717, 1.165) is 6.42 Å². The maximum Gasteiger partial charge on any atom is 4.00 e.